The Kier molecular flexibility index (Phi) is 4.16. The van der Waals surface area contributed by atoms with E-state index in [4.69, 9.17) is 0 Å². The Hall–Kier alpha value is -1.06. The van der Waals surface area contributed by atoms with Crippen molar-refractivity contribution >= 4 is 5.69 Å². The molecule has 1 saturated heterocycles. The van der Waals surface area contributed by atoms with Crippen molar-refractivity contribution in [3.63, 3.8) is 0 Å². The number of hydrogen-bond donors (Lipinski definition) is 2. The van der Waals surface area contributed by atoms with Crippen molar-refractivity contribution in [3.8, 4) is 0 Å². The highest BCUT2D eigenvalue weighted by Gasteiger charge is 2.32. The number of nitrogens with one attached hydrogen (secondary N) is 1. The number of anilines is 1. The topological polar surface area (TPSA) is 35.5 Å². The van der Waals surface area contributed by atoms with Gasteiger partial charge in [-0.3, -0.25) is 0 Å². The molecule has 0 aliphatic carbocycles. The molecule has 1 aliphatic rings. The van der Waals surface area contributed by atoms with Gasteiger partial charge < -0.3 is 15.3 Å². The summed E-state index contributed by atoms with van der Waals surface area (Å²) < 4.78 is 0. The third-order valence-corrected chi connectivity index (χ3v) is 3.86. The largest absolute Gasteiger partial charge is 0.396 e. The van der Waals surface area contributed by atoms with E-state index in [0.29, 0.717) is 6.04 Å². The SMILES string of the molecule is Cc1cccc(C)c1N1CC(CCO)NC(C)(C)C1. The first-order valence-corrected chi connectivity index (χ1v) is 7.13. The van der Waals surface area contributed by atoms with Crippen LogP contribution in [0, 0.1) is 13.8 Å². The molecular formula is C16H26N2O. The van der Waals surface area contributed by atoms with Crippen LogP contribution in [0.3, 0.4) is 0 Å². The molecule has 0 spiro atoms. The molecule has 0 bridgehead atoms. The van der Waals surface area contributed by atoms with Gasteiger partial charge in [-0.05, 0) is 45.2 Å². The van der Waals surface area contributed by atoms with Gasteiger partial charge in [-0.25, -0.2) is 0 Å². The van der Waals surface area contributed by atoms with E-state index in [1.807, 2.05) is 0 Å². The number of hydrogen-bond acceptors (Lipinski definition) is 3. The van der Waals surface area contributed by atoms with Crippen molar-refractivity contribution in [1.82, 2.24) is 5.32 Å². The fourth-order valence-corrected chi connectivity index (χ4v) is 3.25. The van der Waals surface area contributed by atoms with Crippen molar-refractivity contribution in [1.29, 1.82) is 0 Å². The van der Waals surface area contributed by atoms with Crippen LogP contribution in [0.2, 0.25) is 0 Å². The van der Waals surface area contributed by atoms with Crippen LogP contribution >= 0.6 is 0 Å². The van der Waals surface area contributed by atoms with Gasteiger partial charge in [-0.1, -0.05) is 18.2 Å². The highest BCUT2D eigenvalue weighted by molar-refractivity contribution is 5.59. The first-order valence-electron chi connectivity index (χ1n) is 7.13. The van der Waals surface area contributed by atoms with Crippen molar-refractivity contribution < 1.29 is 5.11 Å². The number of benzene rings is 1. The molecule has 1 aliphatic heterocycles. The molecule has 1 heterocycles. The molecule has 3 nitrogen and oxygen atoms in total. The second kappa shape index (κ2) is 5.51. The van der Waals surface area contributed by atoms with Crippen LogP contribution in [0.15, 0.2) is 18.2 Å². The van der Waals surface area contributed by atoms with Gasteiger partial charge in [-0.15, -0.1) is 0 Å². The molecule has 2 rings (SSSR count). The minimum absolute atomic E-state index is 0.0762. The van der Waals surface area contributed by atoms with Gasteiger partial charge in [0.05, 0.1) is 0 Å². The molecule has 1 aromatic rings. The van der Waals surface area contributed by atoms with E-state index in [1.165, 1.54) is 16.8 Å². The van der Waals surface area contributed by atoms with E-state index in [0.717, 1.165) is 19.5 Å². The molecule has 1 unspecified atom stereocenters. The molecule has 0 saturated carbocycles. The third kappa shape index (κ3) is 3.28. The average molecular weight is 262 g/mol. The second-order valence-electron chi connectivity index (χ2n) is 6.36. The zero-order valence-electron chi connectivity index (χ0n) is 12.5. The molecule has 3 heteroatoms. The fourth-order valence-electron chi connectivity index (χ4n) is 3.25. The standard InChI is InChI=1S/C16H26N2O/c1-12-6-5-7-13(2)15(12)18-10-14(8-9-19)17-16(3,4)11-18/h5-7,14,17,19H,8-11H2,1-4H3. The Bertz CT molecular complexity index is 422. The lowest BCUT2D eigenvalue weighted by atomic mass is 9.95. The summed E-state index contributed by atoms with van der Waals surface area (Å²) in [5.41, 5.74) is 4.10. The summed E-state index contributed by atoms with van der Waals surface area (Å²) >= 11 is 0. The van der Waals surface area contributed by atoms with Crippen LogP contribution in [0.5, 0.6) is 0 Å². The Labute approximate surface area is 116 Å². The van der Waals surface area contributed by atoms with Gasteiger partial charge in [-0.2, -0.15) is 0 Å². The Morgan fingerprint density at radius 3 is 2.53 bits per heavy atom. The number of rotatable bonds is 3. The van der Waals surface area contributed by atoms with Crippen molar-refractivity contribution in [2.75, 3.05) is 24.6 Å². The quantitative estimate of drug-likeness (QED) is 0.877. The minimum atomic E-state index is 0.0762. The lowest BCUT2D eigenvalue weighted by Gasteiger charge is -2.45. The fraction of sp³-hybridized carbons (Fsp3) is 0.625. The van der Waals surface area contributed by atoms with E-state index < -0.39 is 0 Å². The summed E-state index contributed by atoms with van der Waals surface area (Å²) in [5.74, 6) is 0. The summed E-state index contributed by atoms with van der Waals surface area (Å²) in [4.78, 5) is 2.47. The minimum Gasteiger partial charge on any atom is -0.396 e. The molecule has 0 amide bonds. The zero-order chi connectivity index (χ0) is 14.0. The monoisotopic (exact) mass is 262 g/mol. The summed E-state index contributed by atoms with van der Waals surface area (Å²) in [7, 11) is 0. The van der Waals surface area contributed by atoms with E-state index in [9.17, 15) is 5.11 Å². The number of nitrogens with zero attached hydrogens (tertiary/aromatic N) is 1. The van der Waals surface area contributed by atoms with Gasteiger partial charge in [0.1, 0.15) is 0 Å². The molecule has 1 atom stereocenters. The molecule has 2 N–H and O–H groups in total. The van der Waals surface area contributed by atoms with E-state index in [1.54, 1.807) is 0 Å². The van der Waals surface area contributed by atoms with Crippen molar-refractivity contribution in [3.05, 3.63) is 29.3 Å². The van der Waals surface area contributed by atoms with Gasteiger partial charge in [0.15, 0.2) is 0 Å². The number of piperazine rings is 1. The predicted molar refractivity (Wildman–Crippen MR) is 80.8 cm³/mol. The van der Waals surface area contributed by atoms with E-state index >= 15 is 0 Å². The Balaban J connectivity index is 2.28. The van der Waals surface area contributed by atoms with Crippen molar-refractivity contribution in [2.45, 2.75) is 45.7 Å². The molecule has 0 radical (unpaired) electrons. The maximum atomic E-state index is 9.20. The highest BCUT2D eigenvalue weighted by Crippen LogP contribution is 2.28. The summed E-state index contributed by atoms with van der Waals surface area (Å²) in [6.07, 6.45) is 0.810. The summed E-state index contributed by atoms with van der Waals surface area (Å²) in [6, 6.07) is 6.83. The van der Waals surface area contributed by atoms with Gasteiger partial charge in [0.2, 0.25) is 0 Å². The van der Waals surface area contributed by atoms with Crippen LogP contribution in [0.25, 0.3) is 0 Å². The van der Waals surface area contributed by atoms with Crippen LogP contribution < -0.4 is 10.2 Å². The zero-order valence-corrected chi connectivity index (χ0v) is 12.5. The van der Waals surface area contributed by atoms with Crippen LogP contribution in [0.1, 0.15) is 31.4 Å². The maximum Gasteiger partial charge on any atom is 0.0446 e. The Morgan fingerprint density at radius 1 is 1.32 bits per heavy atom. The molecule has 1 fully saturated rings. The average Bonchev–Trinajstić information content (AvgIpc) is 2.26. The number of aliphatic hydroxyl groups is 1. The van der Waals surface area contributed by atoms with Crippen LogP contribution in [-0.4, -0.2) is 36.4 Å². The first-order chi connectivity index (χ1) is 8.93. The number of aryl methyl sites for hydroxylation is 2. The van der Waals surface area contributed by atoms with Gasteiger partial charge >= 0.3 is 0 Å². The third-order valence-electron chi connectivity index (χ3n) is 3.86. The van der Waals surface area contributed by atoms with Crippen molar-refractivity contribution in [2.24, 2.45) is 0 Å². The van der Waals surface area contributed by atoms with Crippen LogP contribution in [0.4, 0.5) is 5.69 Å². The summed E-state index contributed by atoms with van der Waals surface area (Å²) in [5, 5.41) is 12.8. The highest BCUT2D eigenvalue weighted by atomic mass is 16.3. The van der Waals surface area contributed by atoms with Gasteiger partial charge in [0, 0.05) is 37.0 Å². The normalized spacial score (nSPS) is 22.6. The number of para-hydroxylation sites is 1. The second-order valence-corrected chi connectivity index (χ2v) is 6.36. The smallest absolute Gasteiger partial charge is 0.0446 e. The van der Waals surface area contributed by atoms with E-state index in [-0.39, 0.29) is 12.1 Å². The lowest BCUT2D eigenvalue weighted by molar-refractivity contribution is 0.224. The maximum absolute atomic E-state index is 9.20. The molecule has 0 aromatic heterocycles. The predicted octanol–water partition coefficient (Wildman–Crippen LogP) is 2.24. The van der Waals surface area contributed by atoms with E-state index in [2.05, 4.69) is 56.1 Å². The molecule has 106 valence electrons. The summed E-state index contributed by atoms with van der Waals surface area (Å²) in [6.45, 7) is 11.0. The van der Waals surface area contributed by atoms with Crippen LogP contribution in [-0.2, 0) is 0 Å². The molecule has 1 aromatic carbocycles. The number of aliphatic hydroxyl groups excluding tert-OH is 1. The molecule has 19 heavy (non-hydrogen) atoms. The Morgan fingerprint density at radius 2 is 1.95 bits per heavy atom. The molecular weight excluding hydrogens is 236 g/mol. The first kappa shape index (κ1) is 14.4. The van der Waals surface area contributed by atoms with Gasteiger partial charge in [0.25, 0.3) is 0 Å². The lowest BCUT2D eigenvalue weighted by Crippen LogP contribution is -2.62.